The van der Waals surface area contributed by atoms with Crippen LogP contribution in [0.4, 0.5) is 0 Å². The summed E-state index contributed by atoms with van der Waals surface area (Å²) in [7, 11) is 0. The predicted octanol–water partition coefficient (Wildman–Crippen LogP) is -3.51. The number of nitrogens with one attached hydrogen (secondary N) is 1. The first kappa shape index (κ1) is 15.2. The first-order valence-electron chi connectivity index (χ1n) is 4.61. The maximum Gasteiger partial charge on any atom is 0.240 e. The molecular formula is C8H17NO7. The first-order chi connectivity index (χ1) is 7.40. The van der Waals surface area contributed by atoms with Gasteiger partial charge in [-0.05, 0) is 0 Å². The monoisotopic (exact) mass is 239 g/mol. The van der Waals surface area contributed by atoms with Gasteiger partial charge in [-0.25, -0.2) is 5.48 Å². The van der Waals surface area contributed by atoms with Crippen molar-refractivity contribution < 1.29 is 35.2 Å². The van der Waals surface area contributed by atoms with Crippen LogP contribution in [0.2, 0.25) is 0 Å². The lowest BCUT2D eigenvalue weighted by atomic mass is 10.0. The lowest BCUT2D eigenvalue weighted by molar-refractivity contribution is -0.148. The van der Waals surface area contributed by atoms with Crippen molar-refractivity contribution in [3.63, 3.8) is 0 Å². The number of carbonyl (C=O) groups excluding carboxylic acids is 1. The smallest absolute Gasteiger partial charge is 0.240 e. The van der Waals surface area contributed by atoms with Crippen molar-refractivity contribution >= 4 is 5.91 Å². The van der Waals surface area contributed by atoms with Crippen LogP contribution in [0, 0.1) is 0 Å². The van der Waals surface area contributed by atoms with Crippen molar-refractivity contribution in [2.75, 3.05) is 13.2 Å². The second-order valence-electron chi connectivity index (χ2n) is 3.27. The van der Waals surface area contributed by atoms with Gasteiger partial charge in [-0.3, -0.25) is 9.63 Å². The summed E-state index contributed by atoms with van der Waals surface area (Å²) in [4.78, 5) is 14.9. The van der Waals surface area contributed by atoms with E-state index in [2.05, 4.69) is 4.84 Å². The summed E-state index contributed by atoms with van der Waals surface area (Å²) in [5.41, 5.74) is 1.91. The highest BCUT2D eigenvalue weighted by molar-refractivity contribution is 5.71. The number of carbonyl (C=O) groups is 1. The van der Waals surface area contributed by atoms with Crippen LogP contribution in [0.1, 0.15) is 6.92 Å². The van der Waals surface area contributed by atoms with Crippen LogP contribution < -0.4 is 5.48 Å². The molecular weight excluding hydrogens is 222 g/mol. The van der Waals surface area contributed by atoms with Crippen molar-refractivity contribution in [1.29, 1.82) is 0 Å². The van der Waals surface area contributed by atoms with Crippen molar-refractivity contribution in [3.05, 3.63) is 0 Å². The predicted molar refractivity (Wildman–Crippen MR) is 50.9 cm³/mol. The fourth-order valence-electron chi connectivity index (χ4n) is 0.890. The van der Waals surface area contributed by atoms with E-state index in [1.807, 2.05) is 5.48 Å². The zero-order valence-electron chi connectivity index (χ0n) is 8.78. The minimum atomic E-state index is -1.71. The topological polar surface area (TPSA) is 139 Å². The molecule has 0 heterocycles. The van der Waals surface area contributed by atoms with Crippen LogP contribution in [0.3, 0.4) is 0 Å². The Labute approximate surface area is 92.0 Å². The quantitative estimate of drug-likeness (QED) is 0.253. The molecule has 1 amide bonds. The number of rotatable bonds is 7. The van der Waals surface area contributed by atoms with E-state index in [1.54, 1.807) is 0 Å². The second-order valence-corrected chi connectivity index (χ2v) is 3.27. The molecule has 8 nitrogen and oxygen atoms in total. The number of aliphatic hydroxyl groups excluding tert-OH is 5. The van der Waals surface area contributed by atoms with E-state index in [1.165, 1.54) is 6.92 Å². The molecule has 0 saturated heterocycles. The van der Waals surface area contributed by atoms with Crippen LogP contribution >= 0.6 is 0 Å². The van der Waals surface area contributed by atoms with Crippen LogP contribution in [0.5, 0.6) is 0 Å². The molecule has 0 radical (unpaired) electrons. The van der Waals surface area contributed by atoms with Gasteiger partial charge in [0.2, 0.25) is 5.91 Å². The maximum absolute atomic E-state index is 10.4. The Morgan fingerprint density at radius 3 is 2.12 bits per heavy atom. The van der Waals surface area contributed by atoms with Crippen molar-refractivity contribution in [3.8, 4) is 0 Å². The first-order valence-corrected chi connectivity index (χ1v) is 4.61. The van der Waals surface area contributed by atoms with Gasteiger partial charge < -0.3 is 25.5 Å². The molecule has 0 aromatic carbocycles. The van der Waals surface area contributed by atoms with E-state index in [-0.39, 0.29) is 0 Å². The van der Waals surface area contributed by atoms with Gasteiger partial charge in [-0.15, -0.1) is 0 Å². The van der Waals surface area contributed by atoms with Gasteiger partial charge in [0.05, 0.1) is 6.61 Å². The fourth-order valence-corrected chi connectivity index (χ4v) is 0.890. The Hall–Kier alpha value is -0.770. The molecule has 0 saturated carbocycles. The zero-order valence-corrected chi connectivity index (χ0v) is 8.78. The average Bonchev–Trinajstić information content (AvgIpc) is 2.25. The molecule has 96 valence electrons. The van der Waals surface area contributed by atoms with Crippen LogP contribution in [0.15, 0.2) is 0 Å². The molecule has 0 aromatic heterocycles. The molecule has 0 spiro atoms. The Morgan fingerprint density at radius 2 is 1.69 bits per heavy atom. The number of amides is 1. The van der Waals surface area contributed by atoms with Crippen molar-refractivity contribution in [2.24, 2.45) is 0 Å². The minimum absolute atomic E-state index is 0.462. The molecule has 0 aliphatic rings. The van der Waals surface area contributed by atoms with E-state index in [9.17, 15) is 20.1 Å². The standard InChI is InChI=1S/C8H17NO7/c1-4(11)9-16-3-6(13)8(15)7(14)5(12)2-10/h5-8,10,12-15H,2-3H2,1H3,(H,9,11)/t5-,6+,7+,8-/m1/s1. The third-order valence-corrected chi connectivity index (χ3v) is 1.80. The molecule has 16 heavy (non-hydrogen) atoms. The molecule has 6 N–H and O–H groups in total. The van der Waals surface area contributed by atoms with Gasteiger partial charge in [0.25, 0.3) is 0 Å². The van der Waals surface area contributed by atoms with Crippen molar-refractivity contribution in [1.82, 2.24) is 5.48 Å². The summed E-state index contributed by atoms with van der Waals surface area (Å²) in [6.45, 7) is -0.0272. The summed E-state index contributed by atoms with van der Waals surface area (Å²) < 4.78 is 0. The highest BCUT2D eigenvalue weighted by Gasteiger charge is 2.30. The van der Waals surface area contributed by atoms with Crippen molar-refractivity contribution in [2.45, 2.75) is 31.3 Å². The summed E-state index contributed by atoms with van der Waals surface area (Å²) >= 11 is 0. The SMILES string of the molecule is CC(=O)NOC[C@H](O)[C@@H](O)[C@@H](O)[C@H](O)CO. The molecule has 0 bridgehead atoms. The van der Waals surface area contributed by atoms with Gasteiger partial charge in [0.15, 0.2) is 0 Å². The molecule has 0 fully saturated rings. The lowest BCUT2D eigenvalue weighted by Crippen LogP contribution is -2.48. The Kier molecular flexibility index (Phi) is 7.13. The molecule has 0 aliphatic carbocycles. The highest BCUT2D eigenvalue weighted by atomic mass is 16.7. The van der Waals surface area contributed by atoms with Gasteiger partial charge in [0, 0.05) is 6.92 Å². The second kappa shape index (κ2) is 7.49. The van der Waals surface area contributed by atoms with E-state index in [0.717, 1.165) is 0 Å². The summed E-state index contributed by atoms with van der Waals surface area (Å²) in [6, 6.07) is 0. The molecule has 0 aromatic rings. The summed E-state index contributed by atoms with van der Waals surface area (Å²) in [5.74, 6) is -0.488. The normalized spacial score (nSPS) is 18.6. The van der Waals surface area contributed by atoms with Gasteiger partial charge in [-0.1, -0.05) is 0 Å². The lowest BCUT2D eigenvalue weighted by Gasteiger charge is -2.25. The summed E-state index contributed by atoms with van der Waals surface area (Å²) in [5, 5.41) is 45.2. The van der Waals surface area contributed by atoms with E-state index in [0.29, 0.717) is 0 Å². The molecule has 4 atom stereocenters. The Balaban J connectivity index is 3.97. The van der Waals surface area contributed by atoms with Crippen LogP contribution in [0.25, 0.3) is 0 Å². The summed E-state index contributed by atoms with van der Waals surface area (Å²) in [6.07, 6.45) is -6.48. The highest BCUT2D eigenvalue weighted by Crippen LogP contribution is 2.05. The number of hydrogen-bond donors (Lipinski definition) is 6. The molecule has 0 unspecified atom stereocenters. The van der Waals surface area contributed by atoms with Gasteiger partial charge >= 0.3 is 0 Å². The number of aliphatic hydroxyl groups is 5. The fraction of sp³-hybridized carbons (Fsp3) is 0.875. The Morgan fingerprint density at radius 1 is 1.19 bits per heavy atom. The van der Waals surface area contributed by atoms with E-state index >= 15 is 0 Å². The largest absolute Gasteiger partial charge is 0.394 e. The number of hydroxylamine groups is 1. The third kappa shape index (κ3) is 5.35. The van der Waals surface area contributed by atoms with Crippen LogP contribution in [-0.4, -0.2) is 69.1 Å². The van der Waals surface area contributed by atoms with Gasteiger partial charge in [-0.2, -0.15) is 0 Å². The molecule has 8 heteroatoms. The Bertz CT molecular complexity index is 213. The zero-order chi connectivity index (χ0) is 12.7. The van der Waals surface area contributed by atoms with Crippen LogP contribution in [-0.2, 0) is 9.63 Å². The van der Waals surface area contributed by atoms with E-state index in [4.69, 9.17) is 10.2 Å². The maximum atomic E-state index is 10.4. The molecule has 0 aliphatic heterocycles. The molecule has 0 rings (SSSR count). The van der Waals surface area contributed by atoms with Gasteiger partial charge in [0.1, 0.15) is 31.0 Å². The third-order valence-electron chi connectivity index (χ3n) is 1.80. The van der Waals surface area contributed by atoms with E-state index < -0.39 is 43.5 Å². The average molecular weight is 239 g/mol. The number of hydrogen-bond acceptors (Lipinski definition) is 7. The minimum Gasteiger partial charge on any atom is -0.394 e.